The fraction of sp³-hybridized carbons (Fsp3) is 0.300. The Morgan fingerprint density at radius 3 is 2.50 bits per heavy atom. The Bertz CT molecular complexity index is 1120. The number of ether oxygens (including phenoxy) is 1. The van der Waals surface area contributed by atoms with Gasteiger partial charge in [0.05, 0.1) is 22.8 Å². The molecule has 2 unspecified atom stereocenters. The number of thioether (sulfide) groups is 1. The number of rotatable bonds is 5. The van der Waals surface area contributed by atoms with E-state index in [-0.39, 0.29) is 11.3 Å². The summed E-state index contributed by atoms with van der Waals surface area (Å²) in [4.78, 5) is 0.649. The van der Waals surface area contributed by atoms with Crippen LogP contribution in [-0.2, 0) is 4.74 Å². The van der Waals surface area contributed by atoms with Crippen LogP contribution in [0.25, 0.3) is 11.3 Å². The molecular weight excluding hydrogens is 487 g/mol. The van der Waals surface area contributed by atoms with Crippen LogP contribution in [0.15, 0.2) is 47.5 Å². The zero-order valence-electron chi connectivity index (χ0n) is 16.1. The van der Waals surface area contributed by atoms with Gasteiger partial charge in [0, 0.05) is 10.5 Å². The van der Waals surface area contributed by atoms with Gasteiger partial charge in [0.25, 0.3) is 0 Å². The van der Waals surface area contributed by atoms with Gasteiger partial charge in [-0.3, -0.25) is 0 Å². The summed E-state index contributed by atoms with van der Waals surface area (Å²) < 4.78 is 33.7. The van der Waals surface area contributed by atoms with E-state index in [1.54, 1.807) is 18.2 Å². The molecule has 170 valence electrons. The quantitative estimate of drug-likeness (QED) is 0.490. The summed E-state index contributed by atoms with van der Waals surface area (Å²) in [5.41, 5.74) is -0.413. The summed E-state index contributed by atoms with van der Waals surface area (Å²) in [5.74, 6) is -2.04. The van der Waals surface area contributed by atoms with Crippen molar-refractivity contribution in [2.24, 2.45) is 0 Å². The first kappa shape index (κ1) is 23.4. The summed E-state index contributed by atoms with van der Waals surface area (Å²) in [6.45, 7) is -0.506. The molecule has 0 bridgehead atoms. The molecule has 0 amide bonds. The van der Waals surface area contributed by atoms with Gasteiger partial charge in [-0.15, -0.1) is 5.10 Å². The average Bonchev–Trinajstić information content (AvgIpc) is 3.24. The molecule has 0 radical (unpaired) electrons. The monoisotopic (exact) mass is 503 g/mol. The van der Waals surface area contributed by atoms with E-state index >= 15 is 0 Å². The average molecular weight is 504 g/mol. The standard InChI is InChI=1S/C20H17Cl2F2N3O4S/c21-11-3-2-10(6-12(11)22)32-20-19(30)17(18(29)16(8-28)31-20)27-7-15(25-26-27)9-1-4-13(23)14(24)5-9/h1-7,16-20,28-30H,8H2/t16?,17?,18-,19-,20+/m0/s1. The number of hydrogen-bond acceptors (Lipinski definition) is 7. The molecule has 3 aromatic rings. The van der Waals surface area contributed by atoms with Crippen molar-refractivity contribution in [3.05, 3.63) is 64.3 Å². The number of aromatic nitrogens is 3. The van der Waals surface area contributed by atoms with Crippen LogP contribution in [0.2, 0.25) is 10.0 Å². The van der Waals surface area contributed by atoms with Crippen molar-refractivity contribution in [1.82, 2.24) is 15.0 Å². The molecule has 7 nitrogen and oxygen atoms in total. The molecule has 12 heteroatoms. The van der Waals surface area contributed by atoms with Gasteiger partial charge in [-0.25, -0.2) is 13.5 Å². The molecular formula is C20H17Cl2F2N3O4S. The molecule has 0 spiro atoms. The van der Waals surface area contributed by atoms with Crippen molar-refractivity contribution in [2.75, 3.05) is 6.61 Å². The topological polar surface area (TPSA) is 101 Å². The Morgan fingerprint density at radius 2 is 1.81 bits per heavy atom. The van der Waals surface area contributed by atoms with Crippen molar-refractivity contribution >= 4 is 35.0 Å². The van der Waals surface area contributed by atoms with Crippen LogP contribution in [0, 0.1) is 11.6 Å². The minimum absolute atomic E-state index is 0.212. The Labute approximate surface area is 195 Å². The molecule has 32 heavy (non-hydrogen) atoms. The molecule has 2 aromatic carbocycles. The number of nitrogens with zero attached hydrogens (tertiary/aromatic N) is 3. The van der Waals surface area contributed by atoms with E-state index in [0.29, 0.717) is 14.9 Å². The normalized spacial score (nSPS) is 25.8. The van der Waals surface area contributed by atoms with Gasteiger partial charge in [-0.2, -0.15) is 0 Å². The first-order valence-electron chi connectivity index (χ1n) is 9.40. The maximum Gasteiger partial charge on any atom is 0.159 e. The van der Waals surface area contributed by atoms with Crippen LogP contribution in [0.5, 0.6) is 0 Å². The molecule has 1 aliphatic rings. The minimum atomic E-state index is -1.32. The molecule has 0 saturated carbocycles. The van der Waals surface area contributed by atoms with Gasteiger partial charge in [0.1, 0.15) is 35.5 Å². The van der Waals surface area contributed by atoms with E-state index in [9.17, 15) is 24.1 Å². The fourth-order valence-corrected chi connectivity index (χ4v) is 4.83. The second-order valence-electron chi connectivity index (χ2n) is 7.10. The predicted octanol–water partition coefficient (Wildman–Crippen LogP) is 3.30. The highest BCUT2D eigenvalue weighted by Crippen LogP contribution is 2.39. The van der Waals surface area contributed by atoms with E-state index in [2.05, 4.69) is 10.3 Å². The highest BCUT2D eigenvalue weighted by Gasteiger charge is 2.46. The first-order valence-corrected chi connectivity index (χ1v) is 11.0. The predicted molar refractivity (Wildman–Crippen MR) is 114 cm³/mol. The zero-order chi connectivity index (χ0) is 23.0. The largest absolute Gasteiger partial charge is 0.394 e. The highest BCUT2D eigenvalue weighted by molar-refractivity contribution is 7.99. The van der Waals surface area contributed by atoms with Crippen LogP contribution in [0.4, 0.5) is 8.78 Å². The van der Waals surface area contributed by atoms with Crippen LogP contribution in [0.1, 0.15) is 6.04 Å². The number of halogens is 4. The smallest absolute Gasteiger partial charge is 0.159 e. The van der Waals surface area contributed by atoms with Gasteiger partial charge >= 0.3 is 0 Å². The van der Waals surface area contributed by atoms with Gasteiger partial charge in [0.15, 0.2) is 11.6 Å². The van der Waals surface area contributed by atoms with Crippen molar-refractivity contribution in [3.63, 3.8) is 0 Å². The SMILES string of the molecule is OCC1O[C@H](Sc2ccc(Cl)c(Cl)c2)[C@@H](O)C(n2cc(-c3ccc(F)c(F)c3)nn2)[C@H]1O. The van der Waals surface area contributed by atoms with Crippen LogP contribution < -0.4 is 0 Å². The second-order valence-corrected chi connectivity index (χ2v) is 9.09. The van der Waals surface area contributed by atoms with Gasteiger partial charge in [-0.1, -0.05) is 40.2 Å². The third-order valence-corrected chi connectivity index (χ3v) is 6.91. The van der Waals surface area contributed by atoms with Crippen LogP contribution >= 0.6 is 35.0 Å². The fourth-order valence-electron chi connectivity index (χ4n) is 3.37. The molecule has 2 heterocycles. The maximum atomic E-state index is 13.6. The van der Waals surface area contributed by atoms with E-state index in [4.69, 9.17) is 27.9 Å². The molecule has 1 saturated heterocycles. The summed E-state index contributed by atoms with van der Waals surface area (Å²) in [7, 11) is 0. The Kier molecular flexibility index (Phi) is 7.01. The van der Waals surface area contributed by atoms with Gasteiger partial charge in [0.2, 0.25) is 0 Å². The molecule has 1 aromatic heterocycles. The molecule has 3 N–H and O–H groups in total. The molecule has 1 aliphatic heterocycles. The van der Waals surface area contributed by atoms with Gasteiger partial charge in [-0.05, 0) is 36.4 Å². The Balaban J connectivity index is 1.62. The number of benzene rings is 2. The van der Waals surface area contributed by atoms with Gasteiger partial charge < -0.3 is 20.1 Å². The lowest BCUT2D eigenvalue weighted by atomic mass is 9.97. The molecule has 1 fully saturated rings. The van der Waals surface area contributed by atoms with E-state index in [0.717, 1.165) is 23.9 Å². The zero-order valence-corrected chi connectivity index (χ0v) is 18.5. The van der Waals surface area contributed by atoms with Crippen LogP contribution in [-0.4, -0.2) is 60.7 Å². The van der Waals surface area contributed by atoms with E-state index in [1.165, 1.54) is 16.9 Å². The van der Waals surface area contributed by atoms with Crippen LogP contribution in [0.3, 0.4) is 0 Å². The minimum Gasteiger partial charge on any atom is -0.394 e. The lowest BCUT2D eigenvalue weighted by Crippen LogP contribution is -2.55. The lowest BCUT2D eigenvalue weighted by Gasteiger charge is -2.41. The summed E-state index contributed by atoms with van der Waals surface area (Å²) in [5, 5.41) is 39.9. The van der Waals surface area contributed by atoms with Crippen molar-refractivity contribution in [3.8, 4) is 11.3 Å². The van der Waals surface area contributed by atoms with Crippen molar-refractivity contribution < 1.29 is 28.8 Å². The maximum absolute atomic E-state index is 13.6. The molecule has 4 rings (SSSR count). The van der Waals surface area contributed by atoms with Crippen molar-refractivity contribution in [2.45, 2.75) is 34.7 Å². The Hall–Kier alpha value is -1.79. The lowest BCUT2D eigenvalue weighted by molar-refractivity contribution is -0.178. The second kappa shape index (κ2) is 9.60. The van der Waals surface area contributed by atoms with E-state index in [1.807, 2.05) is 0 Å². The number of hydrogen-bond donors (Lipinski definition) is 3. The van der Waals surface area contributed by atoms with Crippen molar-refractivity contribution in [1.29, 1.82) is 0 Å². The Morgan fingerprint density at radius 1 is 1.03 bits per heavy atom. The summed E-state index contributed by atoms with van der Waals surface area (Å²) in [6, 6.07) is 7.14. The summed E-state index contributed by atoms with van der Waals surface area (Å²) >= 11 is 13.1. The van der Waals surface area contributed by atoms with E-state index < -0.39 is 48.0 Å². The third-order valence-electron chi connectivity index (χ3n) is 5.02. The first-order chi connectivity index (χ1) is 15.3. The number of aliphatic hydroxyl groups is 3. The molecule has 0 aliphatic carbocycles. The third kappa shape index (κ3) is 4.62. The summed E-state index contributed by atoms with van der Waals surface area (Å²) in [6.07, 6.45) is -2.21. The molecule has 5 atom stereocenters. The number of aliphatic hydroxyl groups excluding tert-OH is 3. The highest BCUT2D eigenvalue weighted by atomic mass is 35.5.